The summed E-state index contributed by atoms with van der Waals surface area (Å²) < 4.78 is 13.0. The van der Waals surface area contributed by atoms with Gasteiger partial charge in [0, 0.05) is 49.6 Å². The van der Waals surface area contributed by atoms with Crippen molar-refractivity contribution in [3.05, 3.63) is 176 Å². The molecule has 0 amide bonds. The van der Waals surface area contributed by atoms with Crippen molar-refractivity contribution in [1.29, 1.82) is 0 Å². The molecule has 0 saturated carbocycles. The van der Waals surface area contributed by atoms with Crippen LogP contribution in [0, 0.1) is 0 Å². The molecule has 0 atom stereocenters. The van der Waals surface area contributed by atoms with Gasteiger partial charge < -0.3 is 13.7 Å². The predicted octanol–water partition coefficient (Wildman–Crippen LogP) is 13.4. The van der Waals surface area contributed by atoms with Crippen LogP contribution in [0.15, 0.2) is 185 Å². The molecule has 2 heterocycles. The summed E-state index contributed by atoms with van der Waals surface area (Å²) in [5, 5.41) is 6.77. The average Bonchev–Trinajstić information content (AvgIpc) is 3.74. The summed E-state index contributed by atoms with van der Waals surface area (Å²) in [6.45, 7) is 0. The van der Waals surface area contributed by atoms with E-state index in [2.05, 4.69) is 169 Å². The van der Waals surface area contributed by atoms with E-state index in [0.717, 1.165) is 77.5 Å². The van der Waals surface area contributed by atoms with Crippen molar-refractivity contribution in [2.24, 2.45) is 0 Å². The summed E-state index contributed by atoms with van der Waals surface area (Å²) in [6, 6.07) is 61.9. The van der Waals surface area contributed by atoms with Gasteiger partial charge in [-0.05, 0) is 76.7 Å². The lowest BCUT2D eigenvalue weighted by Gasteiger charge is -2.25. The van der Waals surface area contributed by atoms with Crippen LogP contribution in [0.25, 0.3) is 76.9 Å². The van der Waals surface area contributed by atoms with Gasteiger partial charge in [-0.25, -0.2) is 0 Å². The Morgan fingerprint density at radius 1 is 0.306 bits per heavy atom. The fourth-order valence-electron chi connectivity index (χ4n) is 7.37. The molecule has 0 aliphatic heterocycles. The first-order valence-corrected chi connectivity index (χ1v) is 16.6. The fourth-order valence-corrected chi connectivity index (χ4v) is 7.37. The molecule has 0 aliphatic carbocycles. The number of hydrogen-bond acceptors (Lipinski definition) is 3. The molecule has 0 unspecified atom stereocenters. The summed E-state index contributed by atoms with van der Waals surface area (Å²) in [5.41, 5.74) is 11.4. The highest BCUT2D eigenvalue weighted by Gasteiger charge is 2.19. The van der Waals surface area contributed by atoms with Crippen molar-refractivity contribution >= 4 is 71.7 Å². The molecule has 8 aromatic carbocycles. The Kier molecular flexibility index (Phi) is 6.18. The van der Waals surface area contributed by atoms with Crippen molar-refractivity contribution in [2.45, 2.75) is 0 Å². The number of hydrogen-bond donors (Lipinski definition) is 0. The van der Waals surface area contributed by atoms with Gasteiger partial charge in [-0.15, -0.1) is 0 Å². The average molecular weight is 628 g/mol. The van der Waals surface area contributed by atoms with E-state index in [1.807, 2.05) is 12.1 Å². The van der Waals surface area contributed by atoms with E-state index < -0.39 is 0 Å². The first kappa shape index (κ1) is 27.5. The van der Waals surface area contributed by atoms with E-state index in [1.165, 1.54) is 16.5 Å². The van der Waals surface area contributed by atoms with Crippen molar-refractivity contribution in [3.8, 4) is 22.3 Å². The van der Waals surface area contributed by atoms with Crippen LogP contribution in [0.5, 0.6) is 0 Å². The molecule has 0 N–H and O–H groups in total. The number of furan rings is 2. The number of benzene rings is 8. The Bertz CT molecular complexity index is 2810. The Balaban J connectivity index is 1.11. The standard InChI is InChI=1S/C46H29NO2/c1-3-12-30(13-4-1)40-29-42-39-20-11-19-35(45(39)49-46(42)38-18-8-7-16-36(38)40)31-22-24-33(25-23-31)47(32-14-5-2-6-15-32)34-26-27-44-41(28-34)37-17-9-10-21-43(37)48-44/h1-29H. The van der Waals surface area contributed by atoms with E-state index in [1.54, 1.807) is 0 Å². The van der Waals surface area contributed by atoms with Gasteiger partial charge in [0.15, 0.2) is 0 Å². The Morgan fingerprint density at radius 3 is 1.71 bits per heavy atom. The normalized spacial score (nSPS) is 11.7. The van der Waals surface area contributed by atoms with Gasteiger partial charge >= 0.3 is 0 Å². The van der Waals surface area contributed by atoms with Crippen LogP contribution < -0.4 is 4.90 Å². The van der Waals surface area contributed by atoms with Gasteiger partial charge in [-0.1, -0.05) is 121 Å². The highest BCUT2D eigenvalue weighted by molar-refractivity contribution is 6.20. The van der Waals surface area contributed by atoms with Crippen LogP contribution in [-0.4, -0.2) is 0 Å². The lowest BCUT2D eigenvalue weighted by Crippen LogP contribution is -2.09. The molecule has 2 aromatic heterocycles. The lowest BCUT2D eigenvalue weighted by atomic mass is 9.95. The third-order valence-electron chi connectivity index (χ3n) is 9.66. The first-order valence-electron chi connectivity index (χ1n) is 16.6. The molecule has 3 heteroatoms. The molecule has 230 valence electrons. The molecule has 3 nitrogen and oxygen atoms in total. The summed E-state index contributed by atoms with van der Waals surface area (Å²) in [6.07, 6.45) is 0. The van der Waals surface area contributed by atoms with E-state index in [0.29, 0.717) is 0 Å². The zero-order valence-electron chi connectivity index (χ0n) is 26.5. The van der Waals surface area contributed by atoms with Crippen molar-refractivity contribution < 1.29 is 8.83 Å². The van der Waals surface area contributed by atoms with Crippen LogP contribution in [0.1, 0.15) is 0 Å². The molecular weight excluding hydrogens is 599 g/mol. The minimum atomic E-state index is 0.885. The second-order valence-electron chi connectivity index (χ2n) is 12.5. The van der Waals surface area contributed by atoms with Gasteiger partial charge in [0.25, 0.3) is 0 Å². The second kappa shape index (κ2) is 11.0. The molecule has 0 bridgehead atoms. The maximum atomic E-state index is 6.81. The molecular formula is C46H29NO2. The van der Waals surface area contributed by atoms with Crippen molar-refractivity contribution in [1.82, 2.24) is 0 Å². The number of nitrogens with zero attached hydrogens (tertiary/aromatic N) is 1. The largest absolute Gasteiger partial charge is 0.456 e. The van der Waals surface area contributed by atoms with E-state index in [-0.39, 0.29) is 0 Å². The third kappa shape index (κ3) is 4.44. The minimum absolute atomic E-state index is 0.885. The van der Waals surface area contributed by atoms with Crippen molar-refractivity contribution in [3.63, 3.8) is 0 Å². The molecule has 0 radical (unpaired) electrons. The van der Waals surface area contributed by atoms with Gasteiger partial charge in [-0.3, -0.25) is 0 Å². The van der Waals surface area contributed by atoms with Crippen LogP contribution >= 0.6 is 0 Å². The van der Waals surface area contributed by atoms with Gasteiger partial charge in [-0.2, -0.15) is 0 Å². The molecule has 0 spiro atoms. The Morgan fingerprint density at radius 2 is 0.898 bits per heavy atom. The fraction of sp³-hybridized carbons (Fsp3) is 0. The molecule has 10 rings (SSSR count). The van der Waals surface area contributed by atoms with Gasteiger partial charge in [0.1, 0.15) is 22.3 Å². The summed E-state index contributed by atoms with van der Waals surface area (Å²) >= 11 is 0. The topological polar surface area (TPSA) is 29.5 Å². The SMILES string of the molecule is c1ccc(-c2cc3c4cccc(-c5ccc(N(c6ccccc6)c6ccc7oc8ccccc8c7c6)cc5)c4oc3c3ccccc23)cc1. The van der Waals surface area contributed by atoms with Crippen LogP contribution in [0.3, 0.4) is 0 Å². The molecule has 0 aliphatic rings. The molecule has 10 aromatic rings. The molecule has 0 saturated heterocycles. The van der Waals surface area contributed by atoms with E-state index >= 15 is 0 Å². The van der Waals surface area contributed by atoms with Gasteiger partial charge in [0.05, 0.1) is 0 Å². The van der Waals surface area contributed by atoms with Crippen LogP contribution in [-0.2, 0) is 0 Å². The Labute approximate surface area is 282 Å². The van der Waals surface area contributed by atoms with Crippen molar-refractivity contribution in [2.75, 3.05) is 4.90 Å². The monoisotopic (exact) mass is 627 g/mol. The number of rotatable bonds is 5. The summed E-state index contributed by atoms with van der Waals surface area (Å²) in [5.74, 6) is 0. The van der Waals surface area contributed by atoms with E-state index in [4.69, 9.17) is 8.83 Å². The molecule has 49 heavy (non-hydrogen) atoms. The predicted molar refractivity (Wildman–Crippen MR) is 204 cm³/mol. The van der Waals surface area contributed by atoms with E-state index in [9.17, 15) is 0 Å². The summed E-state index contributed by atoms with van der Waals surface area (Å²) in [7, 11) is 0. The summed E-state index contributed by atoms with van der Waals surface area (Å²) in [4.78, 5) is 2.30. The Hall–Kier alpha value is -6.58. The molecule has 0 fully saturated rings. The second-order valence-corrected chi connectivity index (χ2v) is 12.5. The highest BCUT2D eigenvalue weighted by atomic mass is 16.3. The first-order chi connectivity index (χ1) is 24.3. The zero-order valence-corrected chi connectivity index (χ0v) is 26.5. The van der Waals surface area contributed by atoms with Crippen LogP contribution in [0.4, 0.5) is 17.1 Å². The minimum Gasteiger partial charge on any atom is -0.456 e. The van der Waals surface area contributed by atoms with Gasteiger partial charge in [0.2, 0.25) is 0 Å². The number of para-hydroxylation sites is 3. The maximum absolute atomic E-state index is 6.81. The quantitative estimate of drug-likeness (QED) is 0.190. The zero-order chi connectivity index (χ0) is 32.3. The third-order valence-corrected chi connectivity index (χ3v) is 9.66. The number of anilines is 3. The maximum Gasteiger partial charge on any atom is 0.143 e. The smallest absolute Gasteiger partial charge is 0.143 e. The lowest BCUT2D eigenvalue weighted by molar-refractivity contribution is 0.669. The number of fused-ring (bicyclic) bond motifs is 8. The highest BCUT2D eigenvalue weighted by Crippen LogP contribution is 2.43. The van der Waals surface area contributed by atoms with Crippen LogP contribution in [0.2, 0.25) is 0 Å².